The molecule has 0 bridgehead atoms. The summed E-state index contributed by atoms with van der Waals surface area (Å²) in [6, 6.07) is 7.79. The molecule has 1 aromatic heterocycles. The van der Waals surface area contributed by atoms with Gasteiger partial charge >= 0.3 is 0 Å². The Balaban J connectivity index is 1.67. The van der Waals surface area contributed by atoms with E-state index in [1.807, 2.05) is 24.3 Å². The van der Waals surface area contributed by atoms with Gasteiger partial charge in [-0.1, -0.05) is 31.0 Å². The van der Waals surface area contributed by atoms with Crippen LogP contribution in [-0.4, -0.2) is 18.5 Å². The molecule has 3 rings (SSSR count). The first-order chi connectivity index (χ1) is 9.75. The summed E-state index contributed by atoms with van der Waals surface area (Å²) in [6.45, 7) is 0.652. The van der Waals surface area contributed by atoms with Crippen LogP contribution in [-0.2, 0) is 0 Å². The normalized spacial score (nSPS) is 22.9. The van der Waals surface area contributed by atoms with E-state index < -0.39 is 0 Å². The molecular weight excluding hydrogens is 252 g/mol. The SMILES string of the molecule is NC1CCCCC1CNC(=O)c1coc2ccccc12. The van der Waals surface area contributed by atoms with Crippen molar-refractivity contribution in [3.05, 3.63) is 36.1 Å². The second kappa shape index (κ2) is 5.67. The Morgan fingerprint density at radius 3 is 2.95 bits per heavy atom. The molecule has 1 aromatic carbocycles. The third-order valence-corrected chi connectivity index (χ3v) is 4.22. The van der Waals surface area contributed by atoms with Crippen molar-refractivity contribution in [2.75, 3.05) is 6.54 Å². The first-order valence-corrected chi connectivity index (χ1v) is 7.25. The molecule has 1 heterocycles. The van der Waals surface area contributed by atoms with Crippen LogP contribution in [0.5, 0.6) is 0 Å². The van der Waals surface area contributed by atoms with Crippen molar-refractivity contribution in [3.8, 4) is 0 Å². The van der Waals surface area contributed by atoms with Gasteiger partial charge in [-0.05, 0) is 24.8 Å². The lowest BCUT2D eigenvalue weighted by Crippen LogP contribution is -2.41. The molecule has 1 fully saturated rings. The number of carbonyl (C=O) groups excluding carboxylic acids is 1. The first kappa shape index (κ1) is 13.2. The molecule has 1 aliphatic rings. The molecule has 4 nitrogen and oxygen atoms in total. The highest BCUT2D eigenvalue weighted by atomic mass is 16.3. The molecule has 1 saturated carbocycles. The van der Waals surface area contributed by atoms with Crippen LogP contribution in [0.4, 0.5) is 0 Å². The van der Waals surface area contributed by atoms with E-state index in [0.717, 1.165) is 23.8 Å². The summed E-state index contributed by atoms with van der Waals surface area (Å²) >= 11 is 0. The summed E-state index contributed by atoms with van der Waals surface area (Å²) in [6.07, 6.45) is 6.12. The number of para-hydroxylation sites is 1. The molecular formula is C16H20N2O2. The van der Waals surface area contributed by atoms with Gasteiger partial charge in [-0.2, -0.15) is 0 Å². The lowest BCUT2D eigenvalue weighted by Gasteiger charge is -2.28. The Morgan fingerprint density at radius 1 is 1.30 bits per heavy atom. The van der Waals surface area contributed by atoms with Gasteiger partial charge in [-0.3, -0.25) is 4.79 Å². The van der Waals surface area contributed by atoms with E-state index in [4.69, 9.17) is 10.2 Å². The third-order valence-electron chi connectivity index (χ3n) is 4.22. The molecule has 2 unspecified atom stereocenters. The molecule has 0 spiro atoms. The monoisotopic (exact) mass is 272 g/mol. The number of hydrogen-bond donors (Lipinski definition) is 2. The van der Waals surface area contributed by atoms with E-state index >= 15 is 0 Å². The van der Waals surface area contributed by atoms with E-state index in [0.29, 0.717) is 18.0 Å². The largest absolute Gasteiger partial charge is 0.463 e. The fraction of sp³-hybridized carbons (Fsp3) is 0.438. The minimum Gasteiger partial charge on any atom is -0.463 e. The number of rotatable bonds is 3. The van der Waals surface area contributed by atoms with E-state index in [-0.39, 0.29) is 11.9 Å². The second-order valence-electron chi connectivity index (χ2n) is 5.56. The standard InChI is InChI=1S/C16H20N2O2/c17-14-7-3-1-5-11(14)9-18-16(19)13-10-20-15-8-4-2-6-12(13)15/h2,4,6,8,10-11,14H,1,3,5,7,9,17H2,(H,18,19). The molecule has 4 heteroatoms. The van der Waals surface area contributed by atoms with Crippen LogP contribution in [0.1, 0.15) is 36.0 Å². The third kappa shape index (κ3) is 2.56. The van der Waals surface area contributed by atoms with Crippen molar-refractivity contribution in [2.45, 2.75) is 31.7 Å². The molecule has 1 aliphatic carbocycles. The topological polar surface area (TPSA) is 68.3 Å². The van der Waals surface area contributed by atoms with Crippen molar-refractivity contribution in [3.63, 3.8) is 0 Å². The molecule has 106 valence electrons. The van der Waals surface area contributed by atoms with Crippen molar-refractivity contribution < 1.29 is 9.21 Å². The number of hydrogen-bond acceptors (Lipinski definition) is 3. The van der Waals surface area contributed by atoms with Crippen LogP contribution in [0, 0.1) is 5.92 Å². The summed E-state index contributed by atoms with van der Waals surface area (Å²) in [4.78, 5) is 12.3. The van der Waals surface area contributed by atoms with Gasteiger partial charge in [-0.25, -0.2) is 0 Å². The van der Waals surface area contributed by atoms with Crippen LogP contribution in [0.15, 0.2) is 34.9 Å². The molecule has 1 amide bonds. The van der Waals surface area contributed by atoms with Gasteiger partial charge in [0.1, 0.15) is 11.8 Å². The summed E-state index contributed by atoms with van der Waals surface area (Å²) in [5.74, 6) is 0.318. The van der Waals surface area contributed by atoms with Crippen molar-refractivity contribution >= 4 is 16.9 Å². The molecule has 2 atom stereocenters. The number of amides is 1. The predicted octanol–water partition coefficient (Wildman–Crippen LogP) is 2.68. The van der Waals surface area contributed by atoms with Gasteiger partial charge in [0.15, 0.2) is 0 Å². The van der Waals surface area contributed by atoms with Gasteiger partial charge in [0, 0.05) is 18.0 Å². The lowest BCUT2D eigenvalue weighted by atomic mass is 9.85. The zero-order valence-corrected chi connectivity index (χ0v) is 11.5. The minimum atomic E-state index is -0.0762. The summed E-state index contributed by atoms with van der Waals surface area (Å²) in [5.41, 5.74) is 7.45. The molecule has 0 radical (unpaired) electrons. The second-order valence-corrected chi connectivity index (χ2v) is 5.56. The van der Waals surface area contributed by atoms with E-state index in [2.05, 4.69) is 5.32 Å². The predicted molar refractivity (Wildman–Crippen MR) is 78.5 cm³/mol. The average Bonchev–Trinajstić information content (AvgIpc) is 2.90. The number of carbonyl (C=O) groups is 1. The Kier molecular flexibility index (Phi) is 3.74. The van der Waals surface area contributed by atoms with E-state index in [1.165, 1.54) is 19.1 Å². The van der Waals surface area contributed by atoms with E-state index in [9.17, 15) is 4.79 Å². The Bertz CT molecular complexity index is 605. The fourth-order valence-corrected chi connectivity index (χ4v) is 2.96. The van der Waals surface area contributed by atoms with Gasteiger partial charge < -0.3 is 15.5 Å². The summed E-state index contributed by atoms with van der Waals surface area (Å²) in [5, 5.41) is 3.86. The van der Waals surface area contributed by atoms with E-state index in [1.54, 1.807) is 0 Å². The molecule has 0 saturated heterocycles. The maximum atomic E-state index is 12.3. The quantitative estimate of drug-likeness (QED) is 0.902. The number of benzene rings is 1. The molecule has 20 heavy (non-hydrogen) atoms. The molecule has 2 aromatic rings. The molecule has 0 aliphatic heterocycles. The van der Waals surface area contributed by atoms with Gasteiger partial charge in [0.25, 0.3) is 5.91 Å². The lowest BCUT2D eigenvalue weighted by molar-refractivity contribution is 0.0942. The van der Waals surface area contributed by atoms with Crippen LogP contribution in [0.25, 0.3) is 11.0 Å². The van der Waals surface area contributed by atoms with Crippen molar-refractivity contribution in [1.29, 1.82) is 0 Å². The van der Waals surface area contributed by atoms with Crippen molar-refractivity contribution in [1.82, 2.24) is 5.32 Å². The fourth-order valence-electron chi connectivity index (χ4n) is 2.96. The summed E-state index contributed by atoms with van der Waals surface area (Å²) in [7, 11) is 0. The van der Waals surface area contributed by atoms with Crippen LogP contribution >= 0.6 is 0 Å². The smallest absolute Gasteiger partial charge is 0.255 e. The number of fused-ring (bicyclic) bond motifs is 1. The maximum absolute atomic E-state index is 12.3. The zero-order chi connectivity index (χ0) is 13.9. The molecule has 3 N–H and O–H groups in total. The number of nitrogens with two attached hydrogens (primary N) is 1. The van der Waals surface area contributed by atoms with Gasteiger partial charge in [0.2, 0.25) is 0 Å². The Hall–Kier alpha value is -1.81. The maximum Gasteiger partial charge on any atom is 0.255 e. The Labute approximate surface area is 118 Å². The van der Waals surface area contributed by atoms with Crippen LogP contribution < -0.4 is 11.1 Å². The zero-order valence-electron chi connectivity index (χ0n) is 11.5. The number of furan rings is 1. The number of nitrogens with one attached hydrogen (secondary N) is 1. The Morgan fingerprint density at radius 2 is 2.10 bits per heavy atom. The van der Waals surface area contributed by atoms with Crippen LogP contribution in [0.2, 0.25) is 0 Å². The first-order valence-electron chi connectivity index (χ1n) is 7.25. The highest BCUT2D eigenvalue weighted by Crippen LogP contribution is 2.23. The van der Waals surface area contributed by atoms with Crippen LogP contribution in [0.3, 0.4) is 0 Å². The van der Waals surface area contributed by atoms with Gasteiger partial charge in [0.05, 0.1) is 5.56 Å². The highest BCUT2D eigenvalue weighted by Gasteiger charge is 2.23. The van der Waals surface area contributed by atoms with Crippen molar-refractivity contribution in [2.24, 2.45) is 11.7 Å². The van der Waals surface area contributed by atoms with Gasteiger partial charge in [-0.15, -0.1) is 0 Å². The average molecular weight is 272 g/mol. The minimum absolute atomic E-state index is 0.0762. The highest BCUT2D eigenvalue weighted by molar-refractivity contribution is 6.05. The summed E-state index contributed by atoms with van der Waals surface area (Å²) < 4.78 is 5.40.